The van der Waals surface area contributed by atoms with Gasteiger partial charge in [0.2, 0.25) is 0 Å². The van der Waals surface area contributed by atoms with Crippen LogP contribution in [0.2, 0.25) is 0 Å². The molecule has 0 spiro atoms. The highest BCUT2D eigenvalue weighted by atomic mass is 32.2. The van der Waals surface area contributed by atoms with Gasteiger partial charge in [0.15, 0.2) is 0 Å². The molecule has 1 rings (SSSR count). The van der Waals surface area contributed by atoms with Crippen molar-refractivity contribution in [2.75, 3.05) is 12.3 Å². The van der Waals surface area contributed by atoms with Crippen LogP contribution in [0, 0.1) is 0 Å². The van der Waals surface area contributed by atoms with Crippen molar-refractivity contribution in [3.63, 3.8) is 0 Å². The number of benzene rings is 1. The summed E-state index contributed by atoms with van der Waals surface area (Å²) in [5, 5.41) is 3.58. The molecule has 0 amide bonds. The summed E-state index contributed by atoms with van der Waals surface area (Å²) in [6.07, 6.45) is 5.13. The highest BCUT2D eigenvalue weighted by Crippen LogP contribution is 2.29. The normalized spacial score (nSPS) is 12.6. The summed E-state index contributed by atoms with van der Waals surface area (Å²) in [6, 6.07) is 9.37. The molecule has 0 bridgehead atoms. The van der Waals surface area contributed by atoms with Gasteiger partial charge in [0.25, 0.3) is 0 Å². The Morgan fingerprint density at radius 3 is 2.56 bits per heavy atom. The van der Waals surface area contributed by atoms with Crippen molar-refractivity contribution in [2.24, 2.45) is 0 Å². The second-order valence-electron chi connectivity index (χ2n) is 4.61. The van der Waals surface area contributed by atoms with E-state index in [1.807, 2.05) is 11.8 Å². The van der Waals surface area contributed by atoms with Gasteiger partial charge in [-0.2, -0.15) is 0 Å². The number of nitrogens with one attached hydrogen (secondary N) is 1. The number of hydrogen-bond donors (Lipinski definition) is 1. The molecule has 102 valence electrons. The summed E-state index contributed by atoms with van der Waals surface area (Å²) < 4.78 is 0. The van der Waals surface area contributed by atoms with Crippen molar-refractivity contribution in [3.8, 4) is 0 Å². The lowest BCUT2D eigenvalue weighted by Crippen LogP contribution is -2.20. The first kappa shape index (κ1) is 15.6. The van der Waals surface area contributed by atoms with Gasteiger partial charge in [0.1, 0.15) is 0 Å². The Morgan fingerprint density at radius 1 is 1.11 bits per heavy atom. The highest BCUT2D eigenvalue weighted by Gasteiger charge is 2.11. The first-order chi connectivity index (χ1) is 8.83. The third-order valence-corrected chi connectivity index (χ3v) is 4.33. The van der Waals surface area contributed by atoms with Crippen LogP contribution in [0.5, 0.6) is 0 Å². The molecule has 0 aromatic heterocycles. The number of unbranched alkanes of at least 4 members (excludes halogenated alkanes) is 2. The van der Waals surface area contributed by atoms with Crippen LogP contribution in [-0.2, 0) is 0 Å². The second kappa shape index (κ2) is 9.46. The van der Waals surface area contributed by atoms with E-state index in [1.54, 1.807) is 0 Å². The van der Waals surface area contributed by atoms with Gasteiger partial charge in [-0.1, -0.05) is 51.8 Å². The molecular formula is C16H27NS. The summed E-state index contributed by atoms with van der Waals surface area (Å²) in [5.41, 5.74) is 1.48. The molecule has 0 aliphatic carbocycles. The van der Waals surface area contributed by atoms with E-state index in [1.165, 1.54) is 35.5 Å². The molecule has 1 unspecified atom stereocenters. The summed E-state index contributed by atoms with van der Waals surface area (Å²) in [6.45, 7) is 7.73. The Hall–Kier alpha value is -0.470. The maximum atomic E-state index is 3.58. The SMILES string of the molecule is CCCCCSc1ccccc1C(CC)NCC. The van der Waals surface area contributed by atoms with Crippen molar-refractivity contribution in [1.82, 2.24) is 5.32 Å². The molecule has 0 saturated heterocycles. The Labute approximate surface area is 117 Å². The summed E-state index contributed by atoms with van der Waals surface area (Å²) in [5.74, 6) is 1.24. The minimum atomic E-state index is 0.505. The standard InChI is InChI=1S/C16H27NS/c1-4-7-10-13-18-16-12-9-8-11-14(16)15(5-2)17-6-3/h8-9,11-12,15,17H,4-7,10,13H2,1-3H3. The molecule has 18 heavy (non-hydrogen) atoms. The lowest BCUT2D eigenvalue weighted by molar-refractivity contribution is 0.530. The van der Waals surface area contributed by atoms with E-state index in [0.29, 0.717) is 6.04 Å². The third-order valence-electron chi connectivity index (χ3n) is 3.16. The van der Waals surface area contributed by atoms with Crippen molar-refractivity contribution < 1.29 is 0 Å². The lowest BCUT2D eigenvalue weighted by atomic mass is 10.0. The molecule has 1 aromatic rings. The van der Waals surface area contributed by atoms with Crippen molar-refractivity contribution in [3.05, 3.63) is 29.8 Å². The molecule has 1 atom stereocenters. The summed E-state index contributed by atoms with van der Waals surface area (Å²) >= 11 is 2.02. The van der Waals surface area contributed by atoms with E-state index in [9.17, 15) is 0 Å². The van der Waals surface area contributed by atoms with Crippen molar-refractivity contribution in [1.29, 1.82) is 0 Å². The zero-order chi connectivity index (χ0) is 13.2. The van der Waals surface area contributed by atoms with Crippen LogP contribution >= 0.6 is 11.8 Å². The largest absolute Gasteiger partial charge is 0.310 e. The van der Waals surface area contributed by atoms with Crippen molar-refractivity contribution in [2.45, 2.75) is 57.4 Å². The fourth-order valence-electron chi connectivity index (χ4n) is 2.15. The fourth-order valence-corrected chi connectivity index (χ4v) is 3.27. The topological polar surface area (TPSA) is 12.0 Å². The van der Waals surface area contributed by atoms with Gasteiger partial charge in [-0.25, -0.2) is 0 Å². The van der Waals surface area contributed by atoms with Crippen LogP contribution in [0.1, 0.15) is 58.1 Å². The molecule has 0 aliphatic rings. The van der Waals surface area contributed by atoms with Crippen LogP contribution in [0.15, 0.2) is 29.2 Å². The maximum absolute atomic E-state index is 3.58. The van der Waals surface area contributed by atoms with Gasteiger partial charge in [-0.15, -0.1) is 11.8 Å². The number of thioether (sulfide) groups is 1. The average molecular weight is 265 g/mol. The molecular weight excluding hydrogens is 238 g/mol. The molecule has 1 nitrogen and oxygen atoms in total. The highest BCUT2D eigenvalue weighted by molar-refractivity contribution is 7.99. The van der Waals surface area contributed by atoms with Crippen molar-refractivity contribution >= 4 is 11.8 Å². The molecule has 0 fully saturated rings. The van der Waals surface area contributed by atoms with Crippen LogP contribution in [0.25, 0.3) is 0 Å². The Morgan fingerprint density at radius 2 is 1.89 bits per heavy atom. The predicted octanol–water partition coefficient (Wildman–Crippen LogP) is 5.03. The predicted molar refractivity (Wildman–Crippen MR) is 83.4 cm³/mol. The monoisotopic (exact) mass is 265 g/mol. The van der Waals surface area contributed by atoms with Crippen LogP contribution in [-0.4, -0.2) is 12.3 Å². The van der Waals surface area contributed by atoms with E-state index < -0.39 is 0 Å². The third kappa shape index (κ3) is 5.03. The number of rotatable bonds is 9. The molecule has 0 aliphatic heterocycles. The van der Waals surface area contributed by atoms with E-state index in [-0.39, 0.29) is 0 Å². The Balaban J connectivity index is 2.65. The van der Waals surface area contributed by atoms with E-state index >= 15 is 0 Å². The van der Waals surface area contributed by atoms with Gasteiger partial charge in [0, 0.05) is 10.9 Å². The minimum Gasteiger partial charge on any atom is -0.310 e. The molecule has 1 N–H and O–H groups in total. The van der Waals surface area contributed by atoms with Gasteiger partial charge < -0.3 is 5.32 Å². The molecule has 1 aromatic carbocycles. The smallest absolute Gasteiger partial charge is 0.0328 e. The molecule has 0 radical (unpaired) electrons. The summed E-state index contributed by atoms with van der Waals surface area (Å²) in [4.78, 5) is 1.46. The first-order valence-electron chi connectivity index (χ1n) is 7.28. The van der Waals surface area contributed by atoms with E-state index in [4.69, 9.17) is 0 Å². The molecule has 0 saturated carbocycles. The average Bonchev–Trinajstić information content (AvgIpc) is 2.42. The van der Waals surface area contributed by atoms with E-state index in [0.717, 1.165) is 13.0 Å². The zero-order valence-corrected chi connectivity index (χ0v) is 12.9. The second-order valence-corrected chi connectivity index (χ2v) is 5.75. The Kier molecular flexibility index (Phi) is 8.19. The maximum Gasteiger partial charge on any atom is 0.0328 e. The van der Waals surface area contributed by atoms with Crippen LogP contribution in [0.4, 0.5) is 0 Å². The molecule has 2 heteroatoms. The van der Waals surface area contributed by atoms with Gasteiger partial charge >= 0.3 is 0 Å². The van der Waals surface area contributed by atoms with Crippen LogP contribution < -0.4 is 5.32 Å². The molecule has 0 heterocycles. The fraction of sp³-hybridized carbons (Fsp3) is 0.625. The zero-order valence-electron chi connectivity index (χ0n) is 12.0. The minimum absolute atomic E-state index is 0.505. The lowest BCUT2D eigenvalue weighted by Gasteiger charge is -2.19. The van der Waals surface area contributed by atoms with Gasteiger partial charge in [0.05, 0.1) is 0 Å². The van der Waals surface area contributed by atoms with E-state index in [2.05, 4.69) is 50.4 Å². The first-order valence-corrected chi connectivity index (χ1v) is 8.27. The Bertz CT molecular complexity index is 325. The van der Waals surface area contributed by atoms with Gasteiger partial charge in [-0.05, 0) is 36.8 Å². The quantitative estimate of drug-likeness (QED) is 0.496. The summed E-state index contributed by atoms with van der Waals surface area (Å²) in [7, 11) is 0. The number of hydrogen-bond acceptors (Lipinski definition) is 2. The van der Waals surface area contributed by atoms with Crippen LogP contribution in [0.3, 0.4) is 0 Å². The van der Waals surface area contributed by atoms with Gasteiger partial charge in [-0.3, -0.25) is 0 Å².